The normalized spacial score (nSPS) is 21.3. The summed E-state index contributed by atoms with van der Waals surface area (Å²) in [5.41, 5.74) is -1.46. The van der Waals surface area contributed by atoms with Crippen molar-refractivity contribution in [2.45, 2.75) is 38.1 Å². The van der Waals surface area contributed by atoms with Gasteiger partial charge in [0.1, 0.15) is 18.1 Å². The van der Waals surface area contributed by atoms with Crippen LogP contribution in [0.4, 0.5) is 9.18 Å². The number of sulfonamides is 1. The van der Waals surface area contributed by atoms with Gasteiger partial charge >= 0.3 is 6.09 Å². The van der Waals surface area contributed by atoms with E-state index in [0.717, 1.165) is 15.2 Å². The number of halogens is 2. The van der Waals surface area contributed by atoms with Gasteiger partial charge in [0.2, 0.25) is 16.0 Å². The van der Waals surface area contributed by atoms with Crippen molar-refractivity contribution in [3.8, 4) is 0 Å². The van der Waals surface area contributed by atoms with Gasteiger partial charge in [0, 0.05) is 31.8 Å². The van der Waals surface area contributed by atoms with Crippen LogP contribution in [-0.2, 0) is 20.3 Å². The van der Waals surface area contributed by atoms with Crippen molar-refractivity contribution in [3.05, 3.63) is 34.1 Å². The molecule has 0 spiro atoms. The van der Waals surface area contributed by atoms with Crippen LogP contribution < -0.4 is 0 Å². The molecule has 1 heterocycles. The maximum Gasteiger partial charge on any atom is 0.416 e. The van der Waals surface area contributed by atoms with Gasteiger partial charge in [-0.25, -0.2) is 31.8 Å². The quantitative estimate of drug-likeness (QED) is 0.347. The molecule has 1 amide bonds. The number of rotatable bonds is 6. The number of carboxylic acid groups (broad SMARTS) is 1. The minimum Gasteiger partial charge on any atom is -0.465 e. The molecule has 8 nitrogen and oxygen atoms in total. The third kappa shape index (κ3) is 5.80. The first-order valence-corrected chi connectivity index (χ1v) is 15.4. The zero-order valence-corrected chi connectivity index (χ0v) is 21.0. The highest BCUT2D eigenvalue weighted by Crippen LogP contribution is 2.35. The Bertz CT molecular complexity index is 954. The lowest BCUT2D eigenvalue weighted by molar-refractivity contribution is 0.0653. The van der Waals surface area contributed by atoms with Crippen LogP contribution in [0, 0.1) is 5.82 Å². The fourth-order valence-electron chi connectivity index (χ4n) is 2.91. The summed E-state index contributed by atoms with van der Waals surface area (Å²) in [4.78, 5) is 17.0. The summed E-state index contributed by atoms with van der Waals surface area (Å²) in [6.45, 7) is 7.92. The molecule has 1 atom stereocenters. The van der Waals surface area contributed by atoms with Crippen LogP contribution in [-0.4, -0.2) is 69.0 Å². The Morgan fingerprint density at radius 1 is 1.43 bits per heavy atom. The van der Waals surface area contributed by atoms with Gasteiger partial charge in [-0.15, -0.1) is 0 Å². The minimum atomic E-state index is -3.96. The molecule has 1 aromatic rings. The van der Waals surface area contributed by atoms with Crippen LogP contribution in [0.15, 0.2) is 27.7 Å². The van der Waals surface area contributed by atoms with Gasteiger partial charge in [-0.3, -0.25) is 0 Å². The van der Waals surface area contributed by atoms with Crippen LogP contribution in [0.1, 0.15) is 12.5 Å². The van der Waals surface area contributed by atoms with Crippen molar-refractivity contribution in [1.82, 2.24) is 9.21 Å². The highest BCUT2D eigenvalue weighted by atomic mass is 79.9. The first-order chi connectivity index (χ1) is 13.7. The first-order valence-electron chi connectivity index (χ1n) is 9.26. The summed E-state index contributed by atoms with van der Waals surface area (Å²) in [5, 5.41) is 9.68. The molecule has 30 heavy (non-hydrogen) atoms. The molecule has 168 valence electrons. The van der Waals surface area contributed by atoms with Crippen molar-refractivity contribution < 1.29 is 27.4 Å². The summed E-state index contributed by atoms with van der Waals surface area (Å²) in [6, 6.07) is 4.97. The Labute approximate surface area is 185 Å². The van der Waals surface area contributed by atoms with E-state index in [4.69, 9.17) is 4.74 Å². The number of aliphatic imine (C=N–C) groups is 1. The number of benzene rings is 1. The van der Waals surface area contributed by atoms with Crippen molar-refractivity contribution in [2.75, 3.05) is 26.1 Å². The molecule has 12 heteroatoms. The van der Waals surface area contributed by atoms with Crippen LogP contribution in [0.2, 0.25) is 25.7 Å². The summed E-state index contributed by atoms with van der Waals surface area (Å²) in [6.07, 6.45) is -1.41. The Morgan fingerprint density at radius 3 is 2.63 bits per heavy atom. The lowest BCUT2D eigenvalue weighted by Crippen LogP contribution is -2.55. The van der Waals surface area contributed by atoms with E-state index in [1.54, 1.807) is 0 Å². The molecule has 0 aromatic heterocycles. The Morgan fingerprint density at radius 2 is 2.07 bits per heavy atom. The van der Waals surface area contributed by atoms with Gasteiger partial charge in [-0.1, -0.05) is 35.6 Å². The van der Waals surface area contributed by atoms with Crippen LogP contribution in [0.25, 0.3) is 0 Å². The fourth-order valence-corrected chi connectivity index (χ4v) is 5.54. The summed E-state index contributed by atoms with van der Waals surface area (Å²) in [7, 11) is -4.12. The minimum absolute atomic E-state index is 0.0519. The second kappa shape index (κ2) is 8.93. The van der Waals surface area contributed by atoms with E-state index >= 15 is 0 Å². The van der Waals surface area contributed by atoms with E-state index in [0.29, 0.717) is 11.1 Å². The number of hydrogen-bond donors (Lipinski definition) is 1. The number of nitrogens with zero attached hydrogens (tertiary/aromatic N) is 3. The lowest BCUT2D eigenvalue weighted by atomic mass is 9.94. The van der Waals surface area contributed by atoms with Gasteiger partial charge in [0.05, 0.1) is 5.75 Å². The largest absolute Gasteiger partial charge is 0.465 e. The molecule has 0 saturated heterocycles. The topological polar surface area (TPSA) is 99.5 Å². The van der Waals surface area contributed by atoms with E-state index in [1.807, 2.05) is 0 Å². The Hall–Kier alpha value is -1.50. The third-order valence-corrected chi connectivity index (χ3v) is 8.83. The highest BCUT2D eigenvalue weighted by Gasteiger charge is 2.44. The van der Waals surface area contributed by atoms with E-state index in [1.165, 1.54) is 32.2 Å². The van der Waals surface area contributed by atoms with Crippen molar-refractivity contribution in [1.29, 1.82) is 0 Å². The SMILES string of the molecule is CN1C(N(COCC[Si](C)(C)C)C(=O)O)=NC(C)(c2cc(Br)ccc2F)CS1(=O)=O. The summed E-state index contributed by atoms with van der Waals surface area (Å²) >= 11 is 3.26. The predicted molar refractivity (Wildman–Crippen MR) is 119 cm³/mol. The second-order valence-corrected chi connectivity index (χ2v) is 17.1. The molecule has 1 aliphatic rings. The van der Waals surface area contributed by atoms with Gasteiger partial charge in [-0.05, 0) is 31.2 Å². The molecule has 2 rings (SSSR count). The van der Waals surface area contributed by atoms with Gasteiger partial charge in [-0.2, -0.15) is 0 Å². The molecule has 1 N–H and O–H groups in total. The molecule has 0 radical (unpaired) electrons. The third-order valence-electron chi connectivity index (χ3n) is 4.71. The zero-order valence-electron chi connectivity index (χ0n) is 17.6. The molecule has 0 aliphatic carbocycles. The summed E-state index contributed by atoms with van der Waals surface area (Å²) < 4.78 is 47.1. The predicted octanol–water partition coefficient (Wildman–Crippen LogP) is 3.73. The number of hydrogen-bond acceptors (Lipinski definition) is 5. The average molecular weight is 524 g/mol. The van der Waals surface area contributed by atoms with Crippen LogP contribution in [0.3, 0.4) is 0 Å². The molecular formula is C18H27BrFN3O5SSi. The lowest BCUT2D eigenvalue weighted by Gasteiger charge is -2.38. The smallest absolute Gasteiger partial charge is 0.416 e. The van der Waals surface area contributed by atoms with Crippen molar-refractivity contribution in [3.63, 3.8) is 0 Å². The van der Waals surface area contributed by atoms with E-state index in [-0.39, 0.29) is 18.3 Å². The number of ether oxygens (including phenoxy) is 1. The average Bonchev–Trinajstić information content (AvgIpc) is 2.59. The van der Waals surface area contributed by atoms with Crippen molar-refractivity contribution in [2.24, 2.45) is 4.99 Å². The molecule has 1 aliphatic heterocycles. The molecule has 0 fully saturated rings. The molecule has 0 saturated carbocycles. The van der Waals surface area contributed by atoms with E-state index in [9.17, 15) is 22.7 Å². The van der Waals surface area contributed by atoms with Gasteiger partial charge in [0.15, 0.2) is 0 Å². The molecule has 0 bridgehead atoms. The first kappa shape index (κ1) is 24.8. The molecule has 1 unspecified atom stereocenters. The van der Waals surface area contributed by atoms with E-state index < -0.39 is 41.3 Å². The molecule has 1 aromatic carbocycles. The highest BCUT2D eigenvalue weighted by molar-refractivity contribution is 9.10. The monoisotopic (exact) mass is 523 g/mol. The maximum absolute atomic E-state index is 14.5. The Kier molecular flexibility index (Phi) is 7.37. The van der Waals surface area contributed by atoms with E-state index in [2.05, 4.69) is 40.6 Å². The number of amides is 1. The zero-order chi connectivity index (χ0) is 22.9. The van der Waals surface area contributed by atoms with Crippen LogP contribution >= 0.6 is 15.9 Å². The standard InChI is InChI=1S/C18H27BrFN3O5SSi/c1-18(14-10-13(19)6-7-15(14)20)11-29(26,27)22(2)16(21-18)23(17(24)25)12-28-8-9-30(3,4)5/h6-7,10H,8-9,11-12H2,1-5H3,(H,24,25). The second-order valence-electron chi connectivity index (χ2n) is 8.59. The number of carbonyl (C=O) groups is 1. The summed E-state index contributed by atoms with van der Waals surface area (Å²) in [5.74, 6) is -1.46. The maximum atomic E-state index is 14.5. The fraction of sp³-hybridized carbons (Fsp3) is 0.556. The van der Waals surface area contributed by atoms with Gasteiger partial charge in [0.25, 0.3) is 0 Å². The van der Waals surface area contributed by atoms with Crippen LogP contribution in [0.5, 0.6) is 0 Å². The van der Waals surface area contributed by atoms with Crippen molar-refractivity contribution >= 4 is 46.1 Å². The Balaban J connectivity index is 2.45. The van der Waals surface area contributed by atoms with Gasteiger partial charge < -0.3 is 9.84 Å². The number of guanidine groups is 1. The molecular weight excluding hydrogens is 497 g/mol.